The molecule has 1 nitrogen and oxygen atoms in total. The minimum atomic E-state index is 1.23. The van der Waals surface area contributed by atoms with Crippen molar-refractivity contribution in [2.75, 3.05) is 0 Å². The zero-order valence-electron chi connectivity index (χ0n) is 19.6. The molecule has 0 spiro atoms. The molecule has 0 unspecified atom stereocenters. The molecule has 7 aromatic rings. The van der Waals surface area contributed by atoms with E-state index in [2.05, 4.69) is 144 Å². The van der Waals surface area contributed by atoms with Gasteiger partial charge in [-0.2, -0.15) is 0 Å². The maximum absolute atomic E-state index is 2.27. The average molecular weight is 478 g/mol. The summed E-state index contributed by atoms with van der Waals surface area (Å²) < 4.78 is 2.25. The number of thiophene rings is 1. The highest BCUT2D eigenvalue weighted by Crippen LogP contribution is 2.50. The molecule has 3 heterocycles. The van der Waals surface area contributed by atoms with Gasteiger partial charge < -0.3 is 4.40 Å². The van der Waals surface area contributed by atoms with Crippen molar-refractivity contribution in [2.24, 2.45) is 0 Å². The topological polar surface area (TPSA) is 4.41 Å². The summed E-state index contributed by atoms with van der Waals surface area (Å²) in [6, 6.07) is 45.6. The summed E-state index contributed by atoms with van der Waals surface area (Å²) in [7, 11) is 0. The Labute approximate surface area is 214 Å². The van der Waals surface area contributed by atoms with Crippen molar-refractivity contribution >= 4 is 27.6 Å². The van der Waals surface area contributed by atoms with E-state index >= 15 is 0 Å². The fraction of sp³-hybridized carbons (Fsp3) is 0. The van der Waals surface area contributed by atoms with Crippen LogP contribution in [0, 0.1) is 0 Å². The second kappa shape index (κ2) is 8.67. The van der Waals surface area contributed by atoms with Gasteiger partial charge >= 0.3 is 0 Å². The molecule has 170 valence electrons. The third-order valence-corrected chi connectivity index (χ3v) is 8.14. The van der Waals surface area contributed by atoms with E-state index in [0.29, 0.717) is 0 Å². The van der Waals surface area contributed by atoms with Gasteiger partial charge in [-0.05, 0) is 28.8 Å². The van der Waals surface area contributed by atoms with Gasteiger partial charge in [-0.1, -0.05) is 115 Å². The quantitative estimate of drug-likeness (QED) is 0.238. The molecule has 0 N–H and O–H groups in total. The van der Waals surface area contributed by atoms with Gasteiger partial charge in [0.25, 0.3) is 0 Å². The Balaban J connectivity index is 1.54. The van der Waals surface area contributed by atoms with E-state index < -0.39 is 0 Å². The fourth-order valence-electron chi connectivity index (χ4n) is 5.22. The van der Waals surface area contributed by atoms with Gasteiger partial charge in [-0.15, -0.1) is 11.3 Å². The summed E-state index contributed by atoms with van der Waals surface area (Å²) in [5.41, 5.74) is 8.81. The van der Waals surface area contributed by atoms with Crippen molar-refractivity contribution < 1.29 is 0 Å². The zero-order valence-corrected chi connectivity index (χ0v) is 20.5. The standard InChI is InChI=1S/C34H23NS/c1-3-13-24(14-4-1)26-17-7-8-18-27(26)33-28-19-9-10-20-29(28)34(36-33)32-30(25-15-5-2-6-16-25)23-35-22-12-11-21-31(32)35/h1-23H. The molecule has 4 aromatic carbocycles. The van der Waals surface area contributed by atoms with Crippen LogP contribution in [0.15, 0.2) is 140 Å². The van der Waals surface area contributed by atoms with Crippen LogP contribution in [0.1, 0.15) is 0 Å². The summed E-state index contributed by atoms with van der Waals surface area (Å²) in [4.78, 5) is 2.63. The first-order chi connectivity index (χ1) is 17.9. The van der Waals surface area contributed by atoms with Gasteiger partial charge in [-0.3, -0.25) is 0 Å². The first-order valence-electron chi connectivity index (χ1n) is 12.2. The Bertz CT molecular complexity index is 1820. The van der Waals surface area contributed by atoms with Crippen molar-refractivity contribution in [1.29, 1.82) is 0 Å². The molecule has 0 aliphatic rings. The SMILES string of the molecule is c1ccc(-c2ccccc2-c2sc(-c3c(-c4ccccc4)cn4ccccc34)c3ccccc23)cc1. The summed E-state index contributed by atoms with van der Waals surface area (Å²) in [5.74, 6) is 0. The third-order valence-electron chi connectivity index (χ3n) is 6.87. The molecular weight excluding hydrogens is 454 g/mol. The number of fused-ring (bicyclic) bond motifs is 2. The lowest BCUT2D eigenvalue weighted by Gasteiger charge is -2.09. The van der Waals surface area contributed by atoms with Crippen LogP contribution in [-0.2, 0) is 0 Å². The van der Waals surface area contributed by atoms with Crippen LogP contribution in [0.25, 0.3) is 59.4 Å². The fourth-order valence-corrected chi connectivity index (χ4v) is 6.61. The van der Waals surface area contributed by atoms with E-state index in [1.54, 1.807) is 0 Å². The predicted molar refractivity (Wildman–Crippen MR) is 155 cm³/mol. The van der Waals surface area contributed by atoms with Crippen LogP contribution in [0.3, 0.4) is 0 Å². The van der Waals surface area contributed by atoms with E-state index in [0.717, 1.165) is 0 Å². The minimum Gasteiger partial charge on any atom is -0.323 e. The molecule has 0 saturated carbocycles. The second-order valence-corrected chi connectivity index (χ2v) is 10.0. The Kier molecular flexibility index (Phi) is 5.04. The van der Waals surface area contributed by atoms with E-state index in [-0.39, 0.29) is 0 Å². The summed E-state index contributed by atoms with van der Waals surface area (Å²) in [6.07, 6.45) is 4.42. The molecule has 0 bridgehead atoms. The lowest BCUT2D eigenvalue weighted by atomic mass is 9.96. The van der Waals surface area contributed by atoms with Crippen molar-refractivity contribution in [1.82, 2.24) is 4.40 Å². The van der Waals surface area contributed by atoms with Gasteiger partial charge in [0.05, 0.1) is 5.52 Å². The number of hydrogen-bond acceptors (Lipinski definition) is 1. The number of aromatic nitrogens is 1. The molecule has 0 saturated heterocycles. The number of pyridine rings is 1. The number of nitrogens with zero attached hydrogens (tertiary/aromatic N) is 1. The molecule has 0 fully saturated rings. The van der Waals surface area contributed by atoms with E-state index in [4.69, 9.17) is 0 Å². The first kappa shape index (κ1) is 20.9. The summed E-state index contributed by atoms with van der Waals surface area (Å²) >= 11 is 1.90. The second-order valence-electron chi connectivity index (χ2n) is 8.99. The number of rotatable bonds is 4. The molecule has 7 rings (SSSR count). The van der Waals surface area contributed by atoms with Crippen molar-refractivity contribution in [3.05, 3.63) is 140 Å². The summed E-state index contributed by atoms with van der Waals surface area (Å²) in [5, 5.41) is 2.60. The van der Waals surface area contributed by atoms with Crippen LogP contribution in [0.5, 0.6) is 0 Å². The minimum absolute atomic E-state index is 1.23. The molecule has 0 radical (unpaired) electrons. The number of benzene rings is 4. The lowest BCUT2D eigenvalue weighted by molar-refractivity contribution is 1.20. The average Bonchev–Trinajstić information content (AvgIpc) is 3.53. The molecule has 36 heavy (non-hydrogen) atoms. The van der Waals surface area contributed by atoms with Crippen LogP contribution < -0.4 is 0 Å². The van der Waals surface area contributed by atoms with Crippen LogP contribution in [-0.4, -0.2) is 4.40 Å². The molecular formula is C34H23NS. The summed E-state index contributed by atoms with van der Waals surface area (Å²) in [6.45, 7) is 0. The Morgan fingerprint density at radius 1 is 0.444 bits per heavy atom. The predicted octanol–water partition coefficient (Wildman–Crippen LogP) is 9.82. The first-order valence-corrected chi connectivity index (χ1v) is 13.0. The lowest BCUT2D eigenvalue weighted by Crippen LogP contribution is -1.82. The van der Waals surface area contributed by atoms with Crippen LogP contribution in [0.4, 0.5) is 0 Å². The van der Waals surface area contributed by atoms with Crippen molar-refractivity contribution in [2.45, 2.75) is 0 Å². The van der Waals surface area contributed by atoms with E-state index in [1.807, 2.05) is 11.3 Å². The molecule has 0 aliphatic carbocycles. The van der Waals surface area contributed by atoms with Crippen molar-refractivity contribution in [3.63, 3.8) is 0 Å². The van der Waals surface area contributed by atoms with Crippen LogP contribution >= 0.6 is 11.3 Å². The van der Waals surface area contributed by atoms with Gasteiger partial charge in [0, 0.05) is 49.6 Å². The Hall–Kier alpha value is -4.40. The normalized spacial score (nSPS) is 11.3. The number of hydrogen-bond donors (Lipinski definition) is 0. The monoisotopic (exact) mass is 477 g/mol. The molecule has 0 amide bonds. The smallest absolute Gasteiger partial charge is 0.0543 e. The maximum Gasteiger partial charge on any atom is 0.0543 e. The van der Waals surface area contributed by atoms with Crippen molar-refractivity contribution in [3.8, 4) is 43.1 Å². The highest BCUT2D eigenvalue weighted by molar-refractivity contribution is 7.21. The zero-order chi connectivity index (χ0) is 23.9. The van der Waals surface area contributed by atoms with E-state index in [9.17, 15) is 0 Å². The Morgan fingerprint density at radius 2 is 1.00 bits per heavy atom. The third kappa shape index (κ3) is 3.38. The molecule has 2 heteroatoms. The largest absolute Gasteiger partial charge is 0.323 e. The van der Waals surface area contributed by atoms with Gasteiger partial charge in [-0.25, -0.2) is 0 Å². The molecule has 0 atom stereocenters. The van der Waals surface area contributed by atoms with Gasteiger partial charge in [0.15, 0.2) is 0 Å². The molecule has 0 aliphatic heterocycles. The highest BCUT2D eigenvalue weighted by atomic mass is 32.1. The van der Waals surface area contributed by atoms with Gasteiger partial charge in [0.1, 0.15) is 0 Å². The molecule has 3 aromatic heterocycles. The Morgan fingerprint density at radius 3 is 1.72 bits per heavy atom. The van der Waals surface area contributed by atoms with Gasteiger partial charge in [0.2, 0.25) is 0 Å². The highest BCUT2D eigenvalue weighted by Gasteiger charge is 2.22. The maximum atomic E-state index is 2.27. The van der Waals surface area contributed by atoms with Crippen LogP contribution in [0.2, 0.25) is 0 Å². The van der Waals surface area contributed by atoms with E-state index in [1.165, 1.54) is 59.4 Å².